The van der Waals surface area contributed by atoms with E-state index in [9.17, 15) is 9.18 Å². The van der Waals surface area contributed by atoms with Crippen molar-refractivity contribution < 1.29 is 9.18 Å². The van der Waals surface area contributed by atoms with Crippen molar-refractivity contribution in [1.82, 2.24) is 5.32 Å². The molecule has 0 spiro atoms. The van der Waals surface area contributed by atoms with Crippen LogP contribution in [0, 0.1) is 5.82 Å². The van der Waals surface area contributed by atoms with Crippen LogP contribution in [0.3, 0.4) is 0 Å². The number of nitrogens with one attached hydrogen (secondary N) is 1. The third-order valence-corrected chi connectivity index (χ3v) is 4.50. The maximum atomic E-state index is 12.8. The molecule has 0 aliphatic rings. The third-order valence-electron chi connectivity index (χ3n) is 2.51. The number of thiophene rings is 1. The van der Waals surface area contributed by atoms with Crippen molar-refractivity contribution in [3.63, 3.8) is 0 Å². The van der Waals surface area contributed by atoms with Crippen LogP contribution in [-0.2, 0) is 11.3 Å². The second-order valence-electron chi connectivity index (χ2n) is 4.01. The molecule has 2 nitrogen and oxygen atoms in total. The van der Waals surface area contributed by atoms with Crippen LogP contribution in [-0.4, -0.2) is 11.2 Å². The molecule has 1 heterocycles. The molecule has 1 amide bonds. The highest BCUT2D eigenvalue weighted by molar-refractivity contribution is 8.00. The zero-order valence-electron chi connectivity index (χ0n) is 10.4. The van der Waals surface area contributed by atoms with Gasteiger partial charge in [0.25, 0.3) is 0 Å². The second-order valence-corrected chi connectivity index (χ2v) is 6.46. The van der Waals surface area contributed by atoms with Gasteiger partial charge in [-0.1, -0.05) is 6.07 Å². The van der Waals surface area contributed by atoms with Crippen LogP contribution in [0.15, 0.2) is 46.7 Å². The first kappa shape index (κ1) is 14.1. The fourth-order valence-electron chi connectivity index (χ4n) is 1.50. The highest BCUT2D eigenvalue weighted by Crippen LogP contribution is 2.23. The van der Waals surface area contributed by atoms with Crippen molar-refractivity contribution in [2.45, 2.75) is 23.6 Å². The number of hydrogen-bond donors (Lipinski definition) is 1. The van der Waals surface area contributed by atoms with Crippen molar-refractivity contribution >= 4 is 29.0 Å². The molecule has 0 fully saturated rings. The molecule has 0 aliphatic carbocycles. The van der Waals surface area contributed by atoms with Gasteiger partial charge in [0, 0.05) is 9.77 Å². The minimum Gasteiger partial charge on any atom is -0.350 e. The van der Waals surface area contributed by atoms with Crippen molar-refractivity contribution in [3.8, 4) is 0 Å². The minimum atomic E-state index is -0.265. The lowest BCUT2D eigenvalue weighted by Gasteiger charge is -2.11. The van der Waals surface area contributed by atoms with E-state index in [4.69, 9.17) is 0 Å². The molecule has 1 aromatic carbocycles. The molecule has 2 rings (SSSR count). The van der Waals surface area contributed by atoms with Crippen LogP contribution in [0.25, 0.3) is 0 Å². The fourth-order valence-corrected chi connectivity index (χ4v) is 3.04. The lowest BCUT2D eigenvalue weighted by molar-refractivity contribution is -0.120. The molecule has 0 saturated carbocycles. The number of hydrogen-bond acceptors (Lipinski definition) is 3. The van der Waals surface area contributed by atoms with Crippen molar-refractivity contribution in [2.24, 2.45) is 0 Å². The van der Waals surface area contributed by atoms with E-state index < -0.39 is 0 Å². The topological polar surface area (TPSA) is 29.1 Å². The normalized spacial score (nSPS) is 12.1. The zero-order valence-corrected chi connectivity index (χ0v) is 12.1. The Balaban J connectivity index is 1.83. The summed E-state index contributed by atoms with van der Waals surface area (Å²) in [4.78, 5) is 13.9. The van der Waals surface area contributed by atoms with Crippen LogP contribution in [0.1, 0.15) is 11.8 Å². The highest BCUT2D eigenvalue weighted by atomic mass is 32.2. The monoisotopic (exact) mass is 295 g/mol. The summed E-state index contributed by atoms with van der Waals surface area (Å²) in [7, 11) is 0. The van der Waals surface area contributed by atoms with E-state index in [1.165, 1.54) is 23.9 Å². The maximum absolute atomic E-state index is 12.8. The molecule has 0 radical (unpaired) electrons. The predicted octanol–water partition coefficient (Wildman–Crippen LogP) is 3.68. The van der Waals surface area contributed by atoms with E-state index in [1.807, 2.05) is 24.4 Å². The van der Waals surface area contributed by atoms with Crippen LogP contribution >= 0.6 is 23.1 Å². The van der Waals surface area contributed by atoms with Gasteiger partial charge in [0.15, 0.2) is 0 Å². The molecule has 19 heavy (non-hydrogen) atoms. The van der Waals surface area contributed by atoms with Crippen LogP contribution in [0.4, 0.5) is 4.39 Å². The molecular formula is C14H14FNOS2. The van der Waals surface area contributed by atoms with Gasteiger partial charge in [-0.05, 0) is 42.6 Å². The fraction of sp³-hybridized carbons (Fsp3) is 0.214. The molecule has 2 aromatic rings. The van der Waals surface area contributed by atoms with Crippen LogP contribution in [0.2, 0.25) is 0 Å². The van der Waals surface area contributed by atoms with Crippen molar-refractivity contribution in [2.75, 3.05) is 0 Å². The van der Waals surface area contributed by atoms with Gasteiger partial charge in [-0.2, -0.15) is 0 Å². The third kappa shape index (κ3) is 4.36. The lowest BCUT2D eigenvalue weighted by Crippen LogP contribution is -2.30. The van der Waals surface area contributed by atoms with E-state index in [0.717, 1.165) is 9.77 Å². The SMILES string of the molecule is CC(Sc1ccc(F)cc1)C(=O)NCc1cccs1. The van der Waals surface area contributed by atoms with E-state index in [-0.39, 0.29) is 17.0 Å². The van der Waals surface area contributed by atoms with Gasteiger partial charge in [-0.15, -0.1) is 23.1 Å². The summed E-state index contributed by atoms with van der Waals surface area (Å²) in [5, 5.41) is 4.67. The van der Waals surface area contributed by atoms with Gasteiger partial charge in [-0.25, -0.2) is 4.39 Å². The summed E-state index contributed by atoms with van der Waals surface area (Å²) < 4.78 is 12.8. The summed E-state index contributed by atoms with van der Waals surface area (Å²) in [6, 6.07) is 10.1. The van der Waals surface area contributed by atoms with E-state index in [0.29, 0.717) is 6.54 Å². The van der Waals surface area contributed by atoms with Gasteiger partial charge >= 0.3 is 0 Å². The molecule has 1 unspecified atom stereocenters. The zero-order chi connectivity index (χ0) is 13.7. The Labute approximate surface area is 120 Å². The largest absolute Gasteiger partial charge is 0.350 e. The smallest absolute Gasteiger partial charge is 0.233 e. The highest BCUT2D eigenvalue weighted by Gasteiger charge is 2.14. The van der Waals surface area contributed by atoms with E-state index in [2.05, 4.69) is 5.32 Å². The van der Waals surface area contributed by atoms with Gasteiger partial charge in [0.1, 0.15) is 5.82 Å². The van der Waals surface area contributed by atoms with E-state index in [1.54, 1.807) is 23.5 Å². The van der Waals surface area contributed by atoms with Crippen LogP contribution in [0.5, 0.6) is 0 Å². The summed E-state index contributed by atoms with van der Waals surface area (Å²) in [5.74, 6) is -0.276. The summed E-state index contributed by atoms with van der Waals surface area (Å²) in [6.45, 7) is 2.41. The summed E-state index contributed by atoms with van der Waals surface area (Å²) in [6.07, 6.45) is 0. The average molecular weight is 295 g/mol. The van der Waals surface area contributed by atoms with Gasteiger partial charge in [-0.3, -0.25) is 4.79 Å². The van der Waals surface area contributed by atoms with Gasteiger partial charge in [0.05, 0.1) is 11.8 Å². The van der Waals surface area contributed by atoms with E-state index >= 15 is 0 Å². The number of carbonyl (C=O) groups is 1. The Morgan fingerprint density at radius 3 is 2.74 bits per heavy atom. The number of carbonyl (C=O) groups excluding carboxylic acids is 1. The first-order valence-electron chi connectivity index (χ1n) is 5.87. The molecule has 100 valence electrons. The molecule has 1 aromatic heterocycles. The quantitative estimate of drug-likeness (QED) is 0.853. The molecule has 0 bridgehead atoms. The standard InChI is InChI=1S/C14H14FNOS2/c1-10(19-12-6-4-11(15)5-7-12)14(17)16-9-13-3-2-8-18-13/h2-8,10H,9H2,1H3,(H,16,17). The first-order valence-corrected chi connectivity index (χ1v) is 7.63. The molecule has 5 heteroatoms. The Kier molecular flexibility index (Phi) is 4.99. The average Bonchev–Trinajstić information content (AvgIpc) is 2.91. The number of benzene rings is 1. The Morgan fingerprint density at radius 1 is 1.37 bits per heavy atom. The minimum absolute atomic E-state index is 0.0114. The second kappa shape index (κ2) is 6.73. The summed E-state index contributed by atoms with van der Waals surface area (Å²) in [5.41, 5.74) is 0. The van der Waals surface area contributed by atoms with Gasteiger partial charge < -0.3 is 5.32 Å². The predicted molar refractivity (Wildman–Crippen MR) is 77.9 cm³/mol. The first-order chi connectivity index (χ1) is 9.15. The molecule has 0 saturated heterocycles. The number of rotatable bonds is 5. The summed E-state index contributed by atoms with van der Waals surface area (Å²) >= 11 is 3.04. The molecule has 0 aliphatic heterocycles. The number of halogens is 1. The molecule has 1 N–H and O–H groups in total. The maximum Gasteiger partial charge on any atom is 0.233 e. The van der Waals surface area contributed by atoms with Crippen LogP contribution < -0.4 is 5.32 Å². The Bertz CT molecular complexity index is 525. The van der Waals surface area contributed by atoms with Gasteiger partial charge in [0.2, 0.25) is 5.91 Å². The number of thioether (sulfide) groups is 1. The molecular weight excluding hydrogens is 281 g/mol. The molecule has 1 atom stereocenters. The Hall–Kier alpha value is -1.33. The Morgan fingerprint density at radius 2 is 2.11 bits per heavy atom. The lowest BCUT2D eigenvalue weighted by atomic mass is 10.3. The number of amides is 1. The van der Waals surface area contributed by atoms with Crippen molar-refractivity contribution in [1.29, 1.82) is 0 Å². The van der Waals surface area contributed by atoms with Crippen molar-refractivity contribution in [3.05, 3.63) is 52.5 Å².